The Morgan fingerprint density at radius 3 is 2.50 bits per heavy atom. The Balaban J connectivity index is 2.05. The molecule has 0 unspecified atom stereocenters. The fraction of sp³-hybridized carbons (Fsp3) is 0.154. The molecule has 0 radical (unpaired) electrons. The van der Waals surface area contributed by atoms with Gasteiger partial charge in [-0.3, -0.25) is 4.79 Å². The van der Waals surface area contributed by atoms with Crippen LogP contribution in [-0.4, -0.2) is 11.2 Å². The molecule has 0 saturated carbocycles. The van der Waals surface area contributed by atoms with Crippen molar-refractivity contribution in [2.75, 3.05) is 10.6 Å². The lowest BCUT2D eigenvalue weighted by Gasteiger charge is -2.05. The number of carbonyl (C=O) groups excluding carboxylic acids is 1. The number of amides is 1. The Hall–Kier alpha value is -0.650. The number of rotatable bonds is 4. The first-order chi connectivity index (χ1) is 8.70. The average Bonchev–Trinajstić information content (AvgIpc) is 2.78. The highest BCUT2D eigenvalue weighted by Crippen LogP contribution is 2.23. The van der Waals surface area contributed by atoms with E-state index in [2.05, 4.69) is 37.2 Å². The van der Waals surface area contributed by atoms with Gasteiger partial charge in [-0.25, -0.2) is 0 Å². The summed E-state index contributed by atoms with van der Waals surface area (Å²) in [6, 6.07) is 9.79. The van der Waals surface area contributed by atoms with Crippen LogP contribution >= 0.6 is 43.2 Å². The van der Waals surface area contributed by atoms with Crippen molar-refractivity contribution in [2.24, 2.45) is 0 Å². The minimum absolute atomic E-state index is 0.0786. The number of alkyl halides is 1. The fourth-order valence-corrected chi connectivity index (χ4v) is 3.41. The van der Waals surface area contributed by atoms with Crippen LogP contribution in [0.4, 0.5) is 5.69 Å². The number of carbonyl (C=O) groups is 1. The van der Waals surface area contributed by atoms with Crippen molar-refractivity contribution in [3.8, 4) is 0 Å². The predicted octanol–water partition coefficient (Wildman–Crippen LogP) is 4.70. The monoisotopic (exact) mass is 387 g/mol. The third kappa shape index (κ3) is 3.43. The van der Waals surface area contributed by atoms with Crippen LogP contribution in [0.1, 0.15) is 15.2 Å². The number of aryl methyl sites for hydroxylation is 1. The van der Waals surface area contributed by atoms with E-state index in [1.54, 1.807) is 0 Å². The summed E-state index contributed by atoms with van der Waals surface area (Å²) in [5.74, 6) is -0.0786. The Morgan fingerprint density at radius 2 is 1.94 bits per heavy atom. The highest BCUT2D eigenvalue weighted by molar-refractivity contribution is 9.10. The summed E-state index contributed by atoms with van der Waals surface area (Å²) < 4.78 is 0.834. The lowest BCUT2D eigenvalue weighted by atomic mass is 10.1. The van der Waals surface area contributed by atoms with E-state index in [1.807, 2.05) is 35.7 Å². The second kappa shape index (κ2) is 6.50. The van der Waals surface area contributed by atoms with Gasteiger partial charge in [0.25, 0.3) is 5.91 Å². The molecule has 0 bridgehead atoms. The lowest BCUT2D eigenvalue weighted by molar-refractivity contribution is 0.103. The van der Waals surface area contributed by atoms with Crippen LogP contribution in [0.3, 0.4) is 0 Å². The molecule has 0 atom stereocenters. The van der Waals surface area contributed by atoms with Gasteiger partial charge in [0.1, 0.15) is 4.88 Å². The molecule has 0 spiro atoms. The van der Waals surface area contributed by atoms with Gasteiger partial charge in [0.05, 0.1) is 0 Å². The van der Waals surface area contributed by atoms with Crippen LogP contribution in [0.15, 0.2) is 40.2 Å². The van der Waals surface area contributed by atoms with Crippen molar-refractivity contribution in [3.63, 3.8) is 0 Å². The van der Waals surface area contributed by atoms with E-state index >= 15 is 0 Å². The number of anilines is 1. The molecular weight excluding hydrogens is 378 g/mol. The Kier molecular flexibility index (Phi) is 4.97. The minimum Gasteiger partial charge on any atom is -0.321 e. The number of nitrogens with one attached hydrogen (secondary N) is 1. The zero-order valence-corrected chi connectivity index (χ0v) is 13.4. The molecule has 1 amide bonds. The van der Waals surface area contributed by atoms with Gasteiger partial charge < -0.3 is 5.32 Å². The van der Waals surface area contributed by atoms with Gasteiger partial charge in [0.2, 0.25) is 0 Å². The quantitative estimate of drug-likeness (QED) is 0.755. The molecule has 1 heterocycles. The van der Waals surface area contributed by atoms with Gasteiger partial charge in [0, 0.05) is 15.5 Å². The summed E-state index contributed by atoms with van der Waals surface area (Å²) in [6.07, 6.45) is 0.991. The summed E-state index contributed by atoms with van der Waals surface area (Å²) in [6.45, 7) is 0. The van der Waals surface area contributed by atoms with Crippen molar-refractivity contribution < 1.29 is 4.79 Å². The molecule has 2 rings (SSSR count). The van der Waals surface area contributed by atoms with Crippen LogP contribution in [0.5, 0.6) is 0 Å². The van der Waals surface area contributed by atoms with Gasteiger partial charge in [0.15, 0.2) is 0 Å². The number of hydrogen-bond acceptors (Lipinski definition) is 2. The highest BCUT2D eigenvalue weighted by atomic mass is 79.9. The maximum absolute atomic E-state index is 12.0. The van der Waals surface area contributed by atoms with Gasteiger partial charge in [-0.1, -0.05) is 28.1 Å². The molecule has 0 aliphatic carbocycles. The van der Waals surface area contributed by atoms with Crippen molar-refractivity contribution in [2.45, 2.75) is 6.42 Å². The standard InChI is InChI=1S/C13H11Br2NOS/c14-7-5-9-1-3-10(4-2-9)16-13(17)12-11(15)6-8-18-12/h1-4,6,8H,5,7H2,(H,16,17). The Bertz CT molecular complexity index is 536. The zero-order chi connectivity index (χ0) is 13.0. The van der Waals surface area contributed by atoms with Crippen molar-refractivity contribution in [1.29, 1.82) is 0 Å². The Morgan fingerprint density at radius 1 is 1.22 bits per heavy atom. The van der Waals surface area contributed by atoms with Crippen LogP contribution in [-0.2, 0) is 6.42 Å². The van der Waals surface area contributed by atoms with E-state index in [9.17, 15) is 4.79 Å². The van der Waals surface area contributed by atoms with Crippen LogP contribution in [0, 0.1) is 0 Å². The molecule has 1 aromatic carbocycles. The third-order valence-corrected chi connectivity index (χ3v) is 4.65. The maximum Gasteiger partial charge on any atom is 0.266 e. The molecule has 0 fully saturated rings. The first kappa shape index (κ1) is 13.8. The molecule has 2 aromatic rings. The van der Waals surface area contributed by atoms with E-state index in [-0.39, 0.29) is 5.91 Å². The summed E-state index contributed by atoms with van der Waals surface area (Å²) in [4.78, 5) is 12.7. The second-order valence-electron chi connectivity index (χ2n) is 3.69. The maximum atomic E-state index is 12.0. The first-order valence-corrected chi connectivity index (χ1v) is 8.19. The van der Waals surface area contributed by atoms with E-state index < -0.39 is 0 Å². The van der Waals surface area contributed by atoms with Gasteiger partial charge in [-0.15, -0.1) is 11.3 Å². The summed E-state index contributed by atoms with van der Waals surface area (Å²) in [5.41, 5.74) is 2.07. The second-order valence-corrected chi connectivity index (χ2v) is 6.25. The van der Waals surface area contributed by atoms with Crippen LogP contribution in [0.25, 0.3) is 0 Å². The van der Waals surface area contributed by atoms with Crippen molar-refractivity contribution in [1.82, 2.24) is 0 Å². The lowest BCUT2D eigenvalue weighted by Crippen LogP contribution is -2.10. The Labute approximate surface area is 127 Å². The molecule has 1 aromatic heterocycles. The van der Waals surface area contributed by atoms with Gasteiger partial charge in [-0.2, -0.15) is 0 Å². The molecule has 5 heteroatoms. The van der Waals surface area contributed by atoms with Gasteiger partial charge in [-0.05, 0) is 51.5 Å². The number of benzene rings is 1. The summed E-state index contributed by atoms with van der Waals surface area (Å²) >= 11 is 8.19. The summed E-state index contributed by atoms with van der Waals surface area (Å²) in [5, 5.41) is 5.72. The highest BCUT2D eigenvalue weighted by Gasteiger charge is 2.11. The largest absolute Gasteiger partial charge is 0.321 e. The molecular formula is C13H11Br2NOS. The molecule has 2 nitrogen and oxygen atoms in total. The normalized spacial score (nSPS) is 10.3. The number of thiophene rings is 1. The van der Waals surface area contributed by atoms with Crippen LogP contribution < -0.4 is 5.32 Å². The molecule has 0 saturated heterocycles. The van der Waals surface area contributed by atoms with Crippen molar-refractivity contribution >= 4 is 54.8 Å². The molecule has 0 aliphatic heterocycles. The van der Waals surface area contributed by atoms with E-state index in [0.717, 1.165) is 21.9 Å². The molecule has 94 valence electrons. The SMILES string of the molecule is O=C(Nc1ccc(CCBr)cc1)c1sccc1Br. The van der Waals surface area contributed by atoms with Crippen molar-refractivity contribution in [3.05, 3.63) is 50.6 Å². The smallest absolute Gasteiger partial charge is 0.266 e. The predicted molar refractivity (Wildman–Crippen MR) is 83.9 cm³/mol. The molecule has 1 N–H and O–H groups in total. The van der Waals surface area contributed by atoms with Crippen LogP contribution in [0.2, 0.25) is 0 Å². The average molecular weight is 389 g/mol. The fourth-order valence-electron chi connectivity index (χ4n) is 1.51. The minimum atomic E-state index is -0.0786. The number of hydrogen-bond donors (Lipinski definition) is 1. The van der Waals surface area contributed by atoms with E-state index in [4.69, 9.17) is 0 Å². The third-order valence-electron chi connectivity index (χ3n) is 2.42. The summed E-state index contributed by atoms with van der Waals surface area (Å²) in [7, 11) is 0. The van der Waals surface area contributed by atoms with E-state index in [1.165, 1.54) is 16.9 Å². The van der Waals surface area contributed by atoms with E-state index in [0.29, 0.717) is 4.88 Å². The number of halogens is 2. The topological polar surface area (TPSA) is 29.1 Å². The first-order valence-electron chi connectivity index (χ1n) is 5.40. The molecule has 0 aliphatic rings. The molecule has 18 heavy (non-hydrogen) atoms. The zero-order valence-electron chi connectivity index (χ0n) is 9.45. The van der Waals surface area contributed by atoms with Gasteiger partial charge >= 0.3 is 0 Å².